The van der Waals surface area contributed by atoms with Crippen LogP contribution in [0, 0.1) is 19.7 Å². The van der Waals surface area contributed by atoms with E-state index < -0.39 is 23.8 Å². The minimum atomic E-state index is -1.00. The summed E-state index contributed by atoms with van der Waals surface area (Å²) < 4.78 is 14.5. The first-order chi connectivity index (χ1) is 12.8. The average molecular weight is 388 g/mol. The van der Waals surface area contributed by atoms with Crippen LogP contribution in [0.15, 0.2) is 47.7 Å². The van der Waals surface area contributed by atoms with Crippen LogP contribution in [-0.2, 0) is 4.79 Å². The monoisotopic (exact) mass is 387 g/mol. The van der Waals surface area contributed by atoms with Crippen LogP contribution < -0.4 is 16.0 Å². The maximum atomic E-state index is 14.5. The standard InChI is InChI=1S/C20H19ClFN3O2/c1-10-7-8-15(11(2)9-10)24-19(26)16-12(3)23-20(27)25-18(16)17-13(21)5-4-6-14(17)22/h4-9,18H,1-3H3,(H,24,26)(H2,23,25,27). The molecule has 27 heavy (non-hydrogen) atoms. The molecular weight excluding hydrogens is 369 g/mol. The molecule has 1 heterocycles. The second kappa shape index (κ2) is 7.40. The fraction of sp³-hybridized carbons (Fsp3) is 0.200. The summed E-state index contributed by atoms with van der Waals surface area (Å²) >= 11 is 6.17. The Kier molecular flexibility index (Phi) is 5.19. The number of carbonyl (C=O) groups is 2. The highest BCUT2D eigenvalue weighted by Gasteiger charge is 2.34. The van der Waals surface area contributed by atoms with Crippen LogP contribution in [0.1, 0.15) is 29.7 Å². The lowest BCUT2D eigenvalue weighted by Crippen LogP contribution is -2.46. The Labute approximate surface area is 161 Å². The van der Waals surface area contributed by atoms with Gasteiger partial charge < -0.3 is 16.0 Å². The quantitative estimate of drug-likeness (QED) is 0.732. The van der Waals surface area contributed by atoms with E-state index >= 15 is 0 Å². The van der Waals surface area contributed by atoms with E-state index in [0.29, 0.717) is 11.4 Å². The number of carbonyl (C=O) groups excluding carboxylic acids is 2. The first-order valence-electron chi connectivity index (χ1n) is 8.38. The molecule has 5 nitrogen and oxygen atoms in total. The summed E-state index contributed by atoms with van der Waals surface area (Å²) in [5.74, 6) is -1.05. The van der Waals surface area contributed by atoms with Gasteiger partial charge in [-0.25, -0.2) is 9.18 Å². The zero-order chi connectivity index (χ0) is 19.7. The van der Waals surface area contributed by atoms with Crippen molar-refractivity contribution >= 4 is 29.2 Å². The van der Waals surface area contributed by atoms with Crippen molar-refractivity contribution in [2.24, 2.45) is 0 Å². The van der Waals surface area contributed by atoms with Gasteiger partial charge in [0.2, 0.25) is 0 Å². The van der Waals surface area contributed by atoms with E-state index in [0.717, 1.165) is 11.1 Å². The zero-order valence-corrected chi connectivity index (χ0v) is 15.9. The molecule has 1 aliphatic heterocycles. The minimum Gasteiger partial charge on any atom is -0.327 e. The van der Waals surface area contributed by atoms with Gasteiger partial charge in [0.05, 0.1) is 11.6 Å². The van der Waals surface area contributed by atoms with Crippen molar-refractivity contribution in [1.29, 1.82) is 0 Å². The molecule has 1 atom stereocenters. The summed E-state index contributed by atoms with van der Waals surface area (Å²) in [5.41, 5.74) is 3.20. The van der Waals surface area contributed by atoms with Crippen molar-refractivity contribution < 1.29 is 14.0 Å². The summed E-state index contributed by atoms with van der Waals surface area (Å²) in [7, 11) is 0. The Hall–Kier alpha value is -2.86. The highest BCUT2D eigenvalue weighted by molar-refractivity contribution is 6.31. The number of hydrogen-bond acceptors (Lipinski definition) is 2. The molecule has 0 fully saturated rings. The Balaban J connectivity index is 2.02. The van der Waals surface area contributed by atoms with Crippen LogP contribution in [-0.4, -0.2) is 11.9 Å². The number of anilines is 1. The summed E-state index contributed by atoms with van der Waals surface area (Å²) in [4.78, 5) is 24.9. The highest BCUT2D eigenvalue weighted by atomic mass is 35.5. The molecule has 2 aromatic carbocycles. The normalized spacial score (nSPS) is 16.6. The van der Waals surface area contributed by atoms with Gasteiger partial charge in [-0.05, 0) is 44.5 Å². The third-order valence-corrected chi connectivity index (χ3v) is 4.76. The van der Waals surface area contributed by atoms with Crippen molar-refractivity contribution in [2.45, 2.75) is 26.8 Å². The Morgan fingerprint density at radius 2 is 1.93 bits per heavy atom. The fourth-order valence-corrected chi connectivity index (χ4v) is 3.41. The minimum absolute atomic E-state index is 0.0548. The molecule has 2 aromatic rings. The van der Waals surface area contributed by atoms with Gasteiger partial charge in [-0.1, -0.05) is 35.4 Å². The predicted octanol–water partition coefficient (Wildman–Crippen LogP) is 4.36. The molecule has 140 valence electrons. The van der Waals surface area contributed by atoms with Crippen LogP contribution >= 0.6 is 11.6 Å². The van der Waals surface area contributed by atoms with Crippen LogP contribution in [0.4, 0.5) is 14.9 Å². The molecule has 1 unspecified atom stereocenters. The Morgan fingerprint density at radius 1 is 1.19 bits per heavy atom. The van der Waals surface area contributed by atoms with E-state index in [2.05, 4.69) is 16.0 Å². The summed E-state index contributed by atoms with van der Waals surface area (Å²) in [6, 6.07) is 8.33. The van der Waals surface area contributed by atoms with Crippen LogP contribution in [0.3, 0.4) is 0 Å². The maximum absolute atomic E-state index is 14.5. The number of aryl methyl sites for hydroxylation is 2. The number of hydrogen-bond donors (Lipinski definition) is 3. The van der Waals surface area contributed by atoms with E-state index in [1.54, 1.807) is 13.0 Å². The average Bonchev–Trinajstić information content (AvgIpc) is 2.56. The lowest BCUT2D eigenvalue weighted by atomic mass is 9.94. The number of amides is 3. The van der Waals surface area contributed by atoms with Crippen molar-refractivity contribution in [3.8, 4) is 0 Å². The molecule has 0 spiro atoms. The van der Waals surface area contributed by atoms with Crippen molar-refractivity contribution in [3.63, 3.8) is 0 Å². The van der Waals surface area contributed by atoms with Gasteiger partial charge in [0.15, 0.2) is 0 Å². The van der Waals surface area contributed by atoms with Crippen molar-refractivity contribution in [1.82, 2.24) is 10.6 Å². The predicted molar refractivity (Wildman–Crippen MR) is 103 cm³/mol. The van der Waals surface area contributed by atoms with E-state index in [-0.39, 0.29) is 16.2 Å². The van der Waals surface area contributed by atoms with Gasteiger partial charge in [-0.15, -0.1) is 0 Å². The smallest absolute Gasteiger partial charge is 0.319 e. The van der Waals surface area contributed by atoms with Crippen LogP contribution in [0.25, 0.3) is 0 Å². The van der Waals surface area contributed by atoms with Gasteiger partial charge in [-0.2, -0.15) is 0 Å². The highest BCUT2D eigenvalue weighted by Crippen LogP contribution is 2.34. The number of halogens is 2. The molecule has 0 saturated heterocycles. The third-order valence-electron chi connectivity index (χ3n) is 4.43. The topological polar surface area (TPSA) is 70.2 Å². The molecule has 3 amide bonds. The van der Waals surface area contributed by atoms with Gasteiger partial charge >= 0.3 is 6.03 Å². The second-order valence-electron chi connectivity index (χ2n) is 6.48. The molecule has 0 saturated carbocycles. The largest absolute Gasteiger partial charge is 0.327 e. The fourth-order valence-electron chi connectivity index (χ4n) is 3.14. The van der Waals surface area contributed by atoms with E-state index in [1.807, 2.05) is 26.0 Å². The lowest BCUT2D eigenvalue weighted by Gasteiger charge is -2.29. The molecule has 0 aromatic heterocycles. The van der Waals surface area contributed by atoms with Gasteiger partial charge in [0, 0.05) is 22.0 Å². The molecule has 0 aliphatic carbocycles. The zero-order valence-electron chi connectivity index (χ0n) is 15.1. The van der Waals surface area contributed by atoms with Gasteiger partial charge in [0.25, 0.3) is 5.91 Å². The molecule has 0 bridgehead atoms. The number of nitrogens with one attached hydrogen (secondary N) is 3. The maximum Gasteiger partial charge on any atom is 0.319 e. The molecular formula is C20H19ClFN3O2. The first-order valence-corrected chi connectivity index (χ1v) is 8.76. The van der Waals surface area contributed by atoms with Crippen LogP contribution in [0.2, 0.25) is 5.02 Å². The van der Waals surface area contributed by atoms with E-state index in [9.17, 15) is 14.0 Å². The number of rotatable bonds is 3. The third kappa shape index (κ3) is 3.80. The number of allylic oxidation sites excluding steroid dienone is 1. The summed E-state index contributed by atoms with van der Waals surface area (Å²) in [6.07, 6.45) is 0. The molecule has 3 rings (SSSR count). The Bertz CT molecular complexity index is 951. The van der Waals surface area contributed by atoms with E-state index in [4.69, 9.17) is 11.6 Å². The van der Waals surface area contributed by atoms with Crippen molar-refractivity contribution in [3.05, 3.63) is 75.2 Å². The van der Waals surface area contributed by atoms with Gasteiger partial charge in [0.1, 0.15) is 5.82 Å². The second-order valence-corrected chi connectivity index (χ2v) is 6.89. The van der Waals surface area contributed by atoms with E-state index in [1.165, 1.54) is 18.2 Å². The first kappa shape index (κ1) is 18.9. The summed E-state index contributed by atoms with van der Waals surface area (Å²) in [6.45, 7) is 5.44. The molecule has 7 heteroatoms. The van der Waals surface area contributed by atoms with Crippen molar-refractivity contribution in [2.75, 3.05) is 5.32 Å². The lowest BCUT2D eigenvalue weighted by molar-refractivity contribution is -0.113. The summed E-state index contributed by atoms with van der Waals surface area (Å²) in [5, 5.41) is 8.12. The number of benzene rings is 2. The SMILES string of the molecule is CC1=C(C(=O)Nc2ccc(C)cc2C)C(c2c(F)cccc2Cl)NC(=O)N1. The van der Waals surface area contributed by atoms with Gasteiger partial charge in [-0.3, -0.25) is 4.79 Å². The number of urea groups is 1. The molecule has 3 N–H and O–H groups in total. The molecule has 1 aliphatic rings. The molecule has 0 radical (unpaired) electrons. The Morgan fingerprint density at radius 3 is 2.59 bits per heavy atom. The van der Waals surface area contributed by atoms with Crippen LogP contribution in [0.5, 0.6) is 0 Å².